The van der Waals surface area contributed by atoms with Crippen LogP contribution >= 0.6 is 0 Å². The normalized spacial score (nSPS) is 21.0. The molecule has 0 spiro atoms. The van der Waals surface area contributed by atoms with Gasteiger partial charge in [0.25, 0.3) is 0 Å². The summed E-state index contributed by atoms with van der Waals surface area (Å²) in [7, 11) is 4.40. The largest absolute Gasteiger partial charge is 0.316 e. The van der Waals surface area contributed by atoms with Crippen molar-refractivity contribution in [3.63, 3.8) is 0 Å². The fourth-order valence-electron chi connectivity index (χ4n) is 3.20. The molecule has 1 aliphatic rings. The van der Waals surface area contributed by atoms with E-state index in [1.54, 1.807) is 0 Å². The van der Waals surface area contributed by atoms with E-state index in [1.807, 2.05) is 0 Å². The topological polar surface area (TPSA) is 18.5 Å². The van der Waals surface area contributed by atoms with Crippen LogP contribution in [0.5, 0.6) is 0 Å². The van der Waals surface area contributed by atoms with Crippen molar-refractivity contribution in [3.8, 4) is 0 Å². The fourth-order valence-corrected chi connectivity index (χ4v) is 3.20. The zero-order valence-electron chi connectivity index (χ0n) is 14.0. The van der Waals surface area contributed by atoms with Gasteiger partial charge in [-0.25, -0.2) is 0 Å². The van der Waals surface area contributed by atoms with Gasteiger partial charge < -0.3 is 15.1 Å². The minimum atomic E-state index is 0.348. The molecule has 3 heteroatoms. The number of hydrogen-bond donors (Lipinski definition) is 1. The van der Waals surface area contributed by atoms with Gasteiger partial charge in [-0.1, -0.05) is 27.7 Å². The van der Waals surface area contributed by atoms with Gasteiger partial charge >= 0.3 is 0 Å². The Morgan fingerprint density at radius 2 is 1.84 bits per heavy atom. The molecular formula is C16H35N3. The van der Waals surface area contributed by atoms with E-state index < -0.39 is 0 Å². The van der Waals surface area contributed by atoms with Gasteiger partial charge in [0, 0.05) is 12.1 Å². The number of nitrogens with zero attached hydrogens (tertiary/aromatic N) is 2. The van der Waals surface area contributed by atoms with E-state index in [1.165, 1.54) is 45.4 Å². The molecule has 0 aliphatic carbocycles. The van der Waals surface area contributed by atoms with Crippen LogP contribution in [-0.2, 0) is 0 Å². The van der Waals surface area contributed by atoms with Crippen LogP contribution < -0.4 is 5.32 Å². The Morgan fingerprint density at radius 1 is 1.26 bits per heavy atom. The third-order valence-electron chi connectivity index (χ3n) is 4.79. The molecule has 1 saturated heterocycles. The molecule has 1 N–H and O–H groups in total. The standard InChI is InChI=1S/C16H35N3/c1-7-19-12-8-14(9-13-19)18(6)11-10-15(17-5)16(2,3)4/h14-15,17H,7-13H2,1-6H3. The van der Waals surface area contributed by atoms with Gasteiger partial charge in [-0.15, -0.1) is 0 Å². The summed E-state index contributed by atoms with van der Waals surface area (Å²) in [5, 5.41) is 3.48. The van der Waals surface area contributed by atoms with Crippen LogP contribution in [0.4, 0.5) is 0 Å². The summed E-state index contributed by atoms with van der Waals surface area (Å²) in [6, 6.07) is 1.39. The summed E-state index contributed by atoms with van der Waals surface area (Å²) in [5.41, 5.74) is 0.348. The molecule has 1 rings (SSSR count). The molecule has 1 fully saturated rings. The molecule has 0 bridgehead atoms. The number of hydrogen-bond acceptors (Lipinski definition) is 3. The second-order valence-corrected chi connectivity index (χ2v) is 7.14. The molecule has 1 aliphatic heterocycles. The van der Waals surface area contributed by atoms with Crippen molar-refractivity contribution in [1.82, 2.24) is 15.1 Å². The zero-order valence-corrected chi connectivity index (χ0v) is 14.0. The number of likely N-dealkylation sites (tertiary alicyclic amines) is 1. The number of piperidine rings is 1. The Labute approximate surface area is 120 Å². The van der Waals surface area contributed by atoms with E-state index in [4.69, 9.17) is 0 Å². The highest BCUT2D eigenvalue weighted by atomic mass is 15.2. The van der Waals surface area contributed by atoms with E-state index in [0.717, 1.165) is 6.04 Å². The zero-order chi connectivity index (χ0) is 14.5. The van der Waals surface area contributed by atoms with E-state index >= 15 is 0 Å². The molecule has 1 atom stereocenters. The molecular weight excluding hydrogens is 234 g/mol. The van der Waals surface area contributed by atoms with Crippen molar-refractivity contribution in [1.29, 1.82) is 0 Å². The van der Waals surface area contributed by atoms with E-state index in [-0.39, 0.29) is 0 Å². The summed E-state index contributed by atoms with van der Waals surface area (Å²) in [6.45, 7) is 14.2. The smallest absolute Gasteiger partial charge is 0.0125 e. The van der Waals surface area contributed by atoms with E-state index in [0.29, 0.717) is 11.5 Å². The predicted octanol–water partition coefficient (Wildman–Crippen LogP) is 2.43. The maximum Gasteiger partial charge on any atom is 0.0125 e. The van der Waals surface area contributed by atoms with Crippen molar-refractivity contribution >= 4 is 0 Å². The van der Waals surface area contributed by atoms with Gasteiger partial charge in [0.05, 0.1) is 0 Å². The second kappa shape index (κ2) is 7.61. The Morgan fingerprint density at radius 3 is 2.26 bits per heavy atom. The van der Waals surface area contributed by atoms with Crippen molar-refractivity contribution in [2.75, 3.05) is 40.3 Å². The Bertz CT molecular complexity index is 239. The predicted molar refractivity (Wildman–Crippen MR) is 84.7 cm³/mol. The van der Waals surface area contributed by atoms with Gasteiger partial charge in [-0.3, -0.25) is 0 Å². The molecule has 0 radical (unpaired) electrons. The first-order valence-electron chi connectivity index (χ1n) is 7.98. The maximum absolute atomic E-state index is 3.48. The monoisotopic (exact) mass is 269 g/mol. The molecule has 0 saturated carbocycles. The first-order valence-corrected chi connectivity index (χ1v) is 7.98. The molecule has 0 aromatic heterocycles. The molecule has 0 aromatic carbocycles. The lowest BCUT2D eigenvalue weighted by Gasteiger charge is -2.38. The van der Waals surface area contributed by atoms with Crippen molar-refractivity contribution < 1.29 is 0 Å². The number of rotatable bonds is 6. The van der Waals surface area contributed by atoms with Crippen molar-refractivity contribution in [2.24, 2.45) is 5.41 Å². The summed E-state index contributed by atoms with van der Waals surface area (Å²) in [5.74, 6) is 0. The minimum absolute atomic E-state index is 0.348. The molecule has 1 heterocycles. The molecule has 3 nitrogen and oxygen atoms in total. The van der Waals surface area contributed by atoms with Crippen LogP contribution in [0.25, 0.3) is 0 Å². The summed E-state index contributed by atoms with van der Waals surface area (Å²) in [4.78, 5) is 5.15. The third kappa shape index (κ3) is 5.41. The molecule has 114 valence electrons. The van der Waals surface area contributed by atoms with Gasteiger partial charge in [0.15, 0.2) is 0 Å². The highest BCUT2D eigenvalue weighted by molar-refractivity contribution is 4.82. The first kappa shape index (κ1) is 16.9. The highest BCUT2D eigenvalue weighted by Gasteiger charge is 2.25. The first-order chi connectivity index (χ1) is 8.88. The molecule has 1 unspecified atom stereocenters. The minimum Gasteiger partial charge on any atom is -0.316 e. The molecule has 0 amide bonds. The Hall–Kier alpha value is -0.120. The van der Waals surface area contributed by atoms with Crippen LogP contribution in [0, 0.1) is 5.41 Å². The third-order valence-corrected chi connectivity index (χ3v) is 4.79. The van der Waals surface area contributed by atoms with Gasteiger partial charge in [-0.05, 0) is 65.0 Å². The highest BCUT2D eigenvalue weighted by Crippen LogP contribution is 2.22. The second-order valence-electron chi connectivity index (χ2n) is 7.14. The maximum atomic E-state index is 3.48. The molecule has 19 heavy (non-hydrogen) atoms. The quantitative estimate of drug-likeness (QED) is 0.799. The molecule has 0 aromatic rings. The fraction of sp³-hybridized carbons (Fsp3) is 1.00. The lowest BCUT2D eigenvalue weighted by atomic mass is 9.84. The van der Waals surface area contributed by atoms with Gasteiger partial charge in [0.2, 0.25) is 0 Å². The van der Waals surface area contributed by atoms with Crippen LogP contribution in [0.1, 0.15) is 47.0 Å². The Balaban J connectivity index is 2.33. The average molecular weight is 269 g/mol. The van der Waals surface area contributed by atoms with Crippen molar-refractivity contribution in [3.05, 3.63) is 0 Å². The summed E-state index contributed by atoms with van der Waals surface area (Å²) >= 11 is 0. The Kier molecular flexibility index (Phi) is 6.78. The summed E-state index contributed by atoms with van der Waals surface area (Å²) in [6.07, 6.45) is 3.92. The lowest BCUT2D eigenvalue weighted by Crippen LogP contribution is -2.46. The van der Waals surface area contributed by atoms with Crippen LogP contribution in [0.2, 0.25) is 0 Å². The number of nitrogens with one attached hydrogen (secondary N) is 1. The van der Waals surface area contributed by atoms with E-state index in [2.05, 4.69) is 56.9 Å². The summed E-state index contributed by atoms with van der Waals surface area (Å²) < 4.78 is 0. The van der Waals surface area contributed by atoms with Crippen LogP contribution in [0.15, 0.2) is 0 Å². The van der Waals surface area contributed by atoms with Gasteiger partial charge in [0.1, 0.15) is 0 Å². The van der Waals surface area contributed by atoms with E-state index in [9.17, 15) is 0 Å². The van der Waals surface area contributed by atoms with Crippen molar-refractivity contribution in [2.45, 2.75) is 59.0 Å². The lowest BCUT2D eigenvalue weighted by molar-refractivity contribution is 0.122. The van der Waals surface area contributed by atoms with Crippen LogP contribution in [-0.4, -0.2) is 62.2 Å². The SMILES string of the molecule is CCN1CCC(N(C)CCC(NC)C(C)(C)C)CC1. The average Bonchev–Trinajstić information content (AvgIpc) is 2.37. The van der Waals surface area contributed by atoms with Gasteiger partial charge in [-0.2, -0.15) is 0 Å². The van der Waals surface area contributed by atoms with Crippen LogP contribution in [0.3, 0.4) is 0 Å².